The molecular formula is C15H22ClN3. The molecule has 0 aromatic carbocycles. The van der Waals surface area contributed by atoms with Crippen LogP contribution >= 0.6 is 11.6 Å². The number of anilines is 1. The number of hydrogen-bond acceptors (Lipinski definition) is 2. The third-order valence-electron chi connectivity index (χ3n) is 3.46. The Labute approximate surface area is 119 Å². The largest absolute Gasteiger partial charge is 0.382 e. The highest BCUT2D eigenvalue weighted by molar-refractivity contribution is 6.30. The molecule has 0 saturated heterocycles. The molecule has 4 heteroatoms. The lowest BCUT2D eigenvalue weighted by molar-refractivity contribution is 0.463. The molecule has 3 nitrogen and oxygen atoms in total. The van der Waals surface area contributed by atoms with E-state index < -0.39 is 0 Å². The average molecular weight is 280 g/mol. The van der Waals surface area contributed by atoms with Crippen molar-refractivity contribution in [3.63, 3.8) is 0 Å². The van der Waals surface area contributed by atoms with Gasteiger partial charge < -0.3 is 10.3 Å². The molecule has 0 atom stereocenters. The predicted octanol–water partition coefficient (Wildman–Crippen LogP) is 4.99. The van der Waals surface area contributed by atoms with Crippen molar-refractivity contribution in [3.05, 3.63) is 23.5 Å². The first kappa shape index (κ1) is 14.2. The van der Waals surface area contributed by atoms with Gasteiger partial charge in [0.2, 0.25) is 0 Å². The molecule has 2 aromatic heterocycles. The normalized spacial score (nSPS) is 15.9. The third kappa shape index (κ3) is 3.41. The van der Waals surface area contributed by atoms with Crippen LogP contribution in [0.5, 0.6) is 0 Å². The molecule has 0 amide bonds. The first-order valence-corrected chi connectivity index (χ1v) is 7.61. The fraction of sp³-hybridized carbons (Fsp3) is 0.533. The van der Waals surface area contributed by atoms with Gasteiger partial charge in [-0.3, -0.25) is 0 Å². The molecule has 3 rings (SSSR count). The minimum atomic E-state index is 0.540. The maximum Gasteiger partial charge on any atom is 0.141 e. The number of nitrogens with one attached hydrogen (secondary N) is 2. The van der Waals surface area contributed by atoms with Crippen molar-refractivity contribution >= 4 is 28.3 Å². The Morgan fingerprint density at radius 2 is 2.00 bits per heavy atom. The zero-order chi connectivity index (χ0) is 13.7. The second kappa shape index (κ2) is 6.80. The Balaban J connectivity index is 0.000000637. The molecule has 104 valence electrons. The summed E-state index contributed by atoms with van der Waals surface area (Å²) in [6.07, 6.45) is 8.44. The van der Waals surface area contributed by atoms with Crippen molar-refractivity contribution in [2.24, 2.45) is 0 Å². The molecule has 1 aliphatic carbocycles. The second-order valence-corrected chi connectivity index (χ2v) is 5.10. The summed E-state index contributed by atoms with van der Waals surface area (Å²) in [5, 5.41) is 5.27. The first-order chi connectivity index (χ1) is 9.33. The van der Waals surface area contributed by atoms with Crippen molar-refractivity contribution < 1.29 is 0 Å². The fourth-order valence-corrected chi connectivity index (χ4v) is 2.79. The quantitative estimate of drug-likeness (QED) is 0.761. The molecule has 0 aliphatic heterocycles. The van der Waals surface area contributed by atoms with Crippen LogP contribution in [0.25, 0.3) is 11.0 Å². The topological polar surface area (TPSA) is 40.7 Å². The van der Waals surface area contributed by atoms with E-state index in [4.69, 9.17) is 11.6 Å². The van der Waals surface area contributed by atoms with Gasteiger partial charge in [0, 0.05) is 23.3 Å². The lowest BCUT2D eigenvalue weighted by Crippen LogP contribution is -2.22. The summed E-state index contributed by atoms with van der Waals surface area (Å²) in [6, 6.07) is 4.55. The summed E-state index contributed by atoms with van der Waals surface area (Å²) in [5.74, 6) is 0. The van der Waals surface area contributed by atoms with Gasteiger partial charge in [0.25, 0.3) is 0 Å². The fourth-order valence-electron chi connectivity index (χ4n) is 2.59. The number of nitrogens with zero attached hydrogens (tertiary/aromatic N) is 1. The van der Waals surface area contributed by atoms with Crippen LogP contribution in [-0.2, 0) is 0 Å². The molecule has 0 radical (unpaired) electrons. The average Bonchev–Trinajstić information content (AvgIpc) is 2.90. The maximum absolute atomic E-state index is 6.03. The number of fused-ring (bicyclic) bond motifs is 1. The van der Waals surface area contributed by atoms with Crippen molar-refractivity contribution in [1.82, 2.24) is 9.97 Å². The van der Waals surface area contributed by atoms with Crippen LogP contribution in [0.2, 0.25) is 5.15 Å². The number of aromatic nitrogens is 2. The van der Waals surface area contributed by atoms with Gasteiger partial charge in [-0.25, -0.2) is 4.98 Å². The van der Waals surface area contributed by atoms with Gasteiger partial charge in [0.15, 0.2) is 0 Å². The van der Waals surface area contributed by atoms with Crippen LogP contribution in [-0.4, -0.2) is 16.0 Å². The lowest BCUT2D eigenvalue weighted by atomic mass is 9.95. The van der Waals surface area contributed by atoms with Gasteiger partial charge in [-0.05, 0) is 25.0 Å². The highest BCUT2D eigenvalue weighted by atomic mass is 35.5. The Morgan fingerprint density at radius 3 is 2.74 bits per heavy atom. The molecule has 1 aliphatic rings. The Hall–Kier alpha value is -1.22. The van der Waals surface area contributed by atoms with Crippen molar-refractivity contribution in [3.8, 4) is 0 Å². The van der Waals surface area contributed by atoms with E-state index in [1.54, 1.807) is 0 Å². The van der Waals surface area contributed by atoms with E-state index in [0.29, 0.717) is 11.2 Å². The van der Waals surface area contributed by atoms with E-state index in [1.807, 2.05) is 32.2 Å². The van der Waals surface area contributed by atoms with Crippen molar-refractivity contribution in [2.45, 2.75) is 52.0 Å². The second-order valence-electron chi connectivity index (χ2n) is 4.71. The van der Waals surface area contributed by atoms with Gasteiger partial charge in [-0.15, -0.1) is 0 Å². The summed E-state index contributed by atoms with van der Waals surface area (Å²) in [6.45, 7) is 4.00. The SMILES string of the molecule is CC.Clc1cc(NC2CCCCC2)c2cc[nH]c2n1. The van der Waals surface area contributed by atoms with Gasteiger partial charge in [-0.2, -0.15) is 0 Å². The molecule has 2 N–H and O–H groups in total. The van der Waals surface area contributed by atoms with Crippen LogP contribution < -0.4 is 5.32 Å². The summed E-state index contributed by atoms with van der Waals surface area (Å²) in [5.41, 5.74) is 1.96. The number of aromatic amines is 1. The van der Waals surface area contributed by atoms with Crippen molar-refractivity contribution in [1.29, 1.82) is 0 Å². The van der Waals surface area contributed by atoms with Crippen LogP contribution in [0.3, 0.4) is 0 Å². The first-order valence-electron chi connectivity index (χ1n) is 7.23. The van der Waals surface area contributed by atoms with Crippen LogP contribution in [0.1, 0.15) is 46.0 Å². The van der Waals surface area contributed by atoms with Crippen LogP contribution in [0.4, 0.5) is 5.69 Å². The monoisotopic (exact) mass is 279 g/mol. The number of halogens is 1. The smallest absolute Gasteiger partial charge is 0.141 e. The van der Waals surface area contributed by atoms with E-state index in [2.05, 4.69) is 15.3 Å². The predicted molar refractivity (Wildman–Crippen MR) is 82.9 cm³/mol. The minimum absolute atomic E-state index is 0.540. The zero-order valence-electron chi connectivity index (χ0n) is 11.7. The molecule has 2 heterocycles. The summed E-state index contributed by atoms with van der Waals surface area (Å²) in [7, 11) is 0. The molecule has 19 heavy (non-hydrogen) atoms. The Morgan fingerprint density at radius 1 is 1.26 bits per heavy atom. The summed E-state index contributed by atoms with van der Waals surface area (Å²) >= 11 is 6.03. The number of pyridine rings is 1. The lowest BCUT2D eigenvalue weighted by Gasteiger charge is -2.24. The van der Waals surface area contributed by atoms with Crippen molar-refractivity contribution in [2.75, 3.05) is 5.32 Å². The van der Waals surface area contributed by atoms with E-state index in [-0.39, 0.29) is 0 Å². The molecule has 0 spiro atoms. The summed E-state index contributed by atoms with van der Waals surface area (Å²) < 4.78 is 0. The zero-order valence-corrected chi connectivity index (χ0v) is 12.4. The maximum atomic E-state index is 6.03. The van der Waals surface area contributed by atoms with Gasteiger partial charge in [-0.1, -0.05) is 44.7 Å². The Bertz CT molecular complexity index is 515. The Kier molecular flexibility index (Phi) is 5.08. The van der Waals surface area contributed by atoms with Gasteiger partial charge >= 0.3 is 0 Å². The summed E-state index contributed by atoms with van der Waals surface area (Å²) in [4.78, 5) is 7.36. The van der Waals surface area contributed by atoms with Crippen LogP contribution in [0.15, 0.2) is 18.3 Å². The van der Waals surface area contributed by atoms with E-state index in [0.717, 1.165) is 16.7 Å². The van der Waals surface area contributed by atoms with E-state index >= 15 is 0 Å². The standard InChI is InChI=1S/C13H16ClN3.C2H6/c14-12-8-11(10-6-7-15-13(10)17-12)16-9-4-2-1-3-5-9;1-2/h6-9H,1-5H2,(H2,15,16,17);1-2H3. The van der Waals surface area contributed by atoms with E-state index in [1.165, 1.54) is 32.1 Å². The molecule has 1 saturated carbocycles. The molecule has 1 fully saturated rings. The molecule has 0 bridgehead atoms. The molecule has 2 aromatic rings. The number of rotatable bonds is 2. The third-order valence-corrected chi connectivity index (χ3v) is 3.66. The van der Waals surface area contributed by atoms with E-state index in [9.17, 15) is 0 Å². The highest BCUT2D eigenvalue weighted by Crippen LogP contribution is 2.28. The minimum Gasteiger partial charge on any atom is -0.382 e. The molecular weight excluding hydrogens is 258 g/mol. The van der Waals surface area contributed by atoms with Gasteiger partial charge in [0.1, 0.15) is 10.8 Å². The highest BCUT2D eigenvalue weighted by Gasteiger charge is 2.15. The van der Waals surface area contributed by atoms with Gasteiger partial charge in [0.05, 0.1) is 0 Å². The number of hydrogen-bond donors (Lipinski definition) is 2. The number of H-pyrrole nitrogens is 1. The van der Waals surface area contributed by atoms with Crippen LogP contribution in [0, 0.1) is 0 Å². The molecule has 0 unspecified atom stereocenters.